The van der Waals surface area contributed by atoms with E-state index < -0.39 is 0 Å². The van der Waals surface area contributed by atoms with Gasteiger partial charge in [-0.25, -0.2) is 0 Å². The molecule has 1 aliphatic heterocycles. The van der Waals surface area contributed by atoms with E-state index in [1.54, 1.807) is 36.4 Å². The van der Waals surface area contributed by atoms with Crippen molar-refractivity contribution >= 4 is 17.4 Å². The summed E-state index contributed by atoms with van der Waals surface area (Å²) in [7, 11) is 0. The van der Waals surface area contributed by atoms with Gasteiger partial charge in [0.15, 0.2) is 5.78 Å². The fraction of sp³-hybridized carbons (Fsp3) is 0.133. The zero-order chi connectivity index (χ0) is 13.4. The van der Waals surface area contributed by atoms with E-state index in [1.807, 2.05) is 6.07 Å². The minimum Gasteiger partial charge on any atom is -0.508 e. The Labute approximate surface area is 115 Å². The van der Waals surface area contributed by atoms with Gasteiger partial charge < -0.3 is 9.84 Å². The summed E-state index contributed by atoms with van der Waals surface area (Å²) in [6, 6.07) is 11.8. The predicted octanol–water partition coefficient (Wildman–Crippen LogP) is 3.75. The summed E-state index contributed by atoms with van der Waals surface area (Å²) in [5.41, 5.74) is 1.30. The molecule has 3 nitrogen and oxygen atoms in total. The third kappa shape index (κ3) is 2.29. The lowest BCUT2D eigenvalue weighted by atomic mass is 9.96. The number of hydrogen-bond donors (Lipinski definition) is 1. The number of fused-ring (bicyclic) bond motifs is 1. The molecule has 1 unspecified atom stereocenters. The summed E-state index contributed by atoms with van der Waals surface area (Å²) in [6.45, 7) is 0. The molecule has 0 saturated carbocycles. The first-order chi connectivity index (χ1) is 9.13. The van der Waals surface area contributed by atoms with Crippen LogP contribution in [0, 0.1) is 0 Å². The first kappa shape index (κ1) is 12.1. The first-order valence-corrected chi connectivity index (χ1v) is 6.29. The van der Waals surface area contributed by atoms with Gasteiger partial charge in [-0.05, 0) is 35.9 Å². The average Bonchev–Trinajstić information content (AvgIpc) is 2.39. The molecule has 96 valence electrons. The third-order valence-electron chi connectivity index (χ3n) is 3.12. The van der Waals surface area contributed by atoms with Crippen molar-refractivity contribution in [1.29, 1.82) is 0 Å². The van der Waals surface area contributed by atoms with E-state index in [0.717, 1.165) is 5.56 Å². The number of ether oxygens (including phenoxy) is 1. The molecule has 0 aliphatic carbocycles. The number of phenolic OH excluding ortho intramolecular Hbond substituents is 1. The van der Waals surface area contributed by atoms with Gasteiger partial charge in [0.1, 0.15) is 17.6 Å². The van der Waals surface area contributed by atoms with E-state index in [1.165, 1.54) is 0 Å². The summed E-state index contributed by atoms with van der Waals surface area (Å²) in [5.74, 6) is 0.696. The second-order valence-electron chi connectivity index (χ2n) is 4.47. The van der Waals surface area contributed by atoms with Crippen LogP contribution in [0.15, 0.2) is 42.5 Å². The second-order valence-corrected chi connectivity index (χ2v) is 4.91. The van der Waals surface area contributed by atoms with E-state index in [-0.39, 0.29) is 24.1 Å². The van der Waals surface area contributed by atoms with Crippen LogP contribution in [0.5, 0.6) is 11.5 Å². The zero-order valence-corrected chi connectivity index (χ0v) is 10.7. The molecule has 19 heavy (non-hydrogen) atoms. The number of carbonyl (C=O) groups excluding carboxylic acids is 1. The van der Waals surface area contributed by atoms with Gasteiger partial charge in [0.05, 0.1) is 12.0 Å². The molecule has 2 aromatic carbocycles. The molecule has 0 aromatic heterocycles. The quantitative estimate of drug-likeness (QED) is 0.861. The van der Waals surface area contributed by atoms with E-state index in [9.17, 15) is 9.90 Å². The highest BCUT2D eigenvalue weighted by molar-refractivity contribution is 6.31. The van der Waals surface area contributed by atoms with Gasteiger partial charge in [-0.2, -0.15) is 0 Å². The number of rotatable bonds is 1. The fourth-order valence-corrected chi connectivity index (χ4v) is 2.38. The van der Waals surface area contributed by atoms with Gasteiger partial charge in [0.2, 0.25) is 0 Å². The molecule has 1 N–H and O–H groups in total. The largest absolute Gasteiger partial charge is 0.508 e. The van der Waals surface area contributed by atoms with Crippen molar-refractivity contribution in [3.8, 4) is 11.5 Å². The molecular weight excluding hydrogens is 264 g/mol. The van der Waals surface area contributed by atoms with Crippen LogP contribution in [0.1, 0.15) is 28.4 Å². The maximum Gasteiger partial charge on any atom is 0.170 e. The summed E-state index contributed by atoms with van der Waals surface area (Å²) >= 11 is 5.88. The Bertz CT molecular complexity index is 652. The van der Waals surface area contributed by atoms with Crippen LogP contribution in [0.3, 0.4) is 0 Å². The van der Waals surface area contributed by atoms with E-state index in [4.69, 9.17) is 16.3 Å². The maximum absolute atomic E-state index is 12.1. The molecule has 0 fully saturated rings. The highest BCUT2D eigenvalue weighted by atomic mass is 35.5. The standard InChI is InChI=1S/C15H11ClO3/c16-10-4-5-14-12(7-10)13(18)8-15(19-14)9-2-1-3-11(17)6-9/h1-7,15,17H,8H2. The molecule has 1 heterocycles. The van der Waals surface area contributed by atoms with Gasteiger partial charge in [0.25, 0.3) is 0 Å². The number of aromatic hydroxyl groups is 1. The van der Waals surface area contributed by atoms with Crippen LogP contribution in [-0.4, -0.2) is 10.9 Å². The lowest BCUT2D eigenvalue weighted by molar-refractivity contribution is 0.0849. The molecule has 3 rings (SSSR count). The number of Topliss-reactive ketones (excluding diaryl/α,β-unsaturated/α-hetero) is 1. The molecule has 0 bridgehead atoms. The topological polar surface area (TPSA) is 46.5 Å². The molecule has 0 spiro atoms. The minimum absolute atomic E-state index is 0.00269. The Morgan fingerprint density at radius 2 is 2.05 bits per heavy atom. The van der Waals surface area contributed by atoms with Crippen molar-refractivity contribution in [2.24, 2.45) is 0 Å². The second kappa shape index (κ2) is 4.59. The predicted molar refractivity (Wildman–Crippen MR) is 71.9 cm³/mol. The fourth-order valence-electron chi connectivity index (χ4n) is 2.21. The monoisotopic (exact) mass is 274 g/mol. The van der Waals surface area contributed by atoms with Crippen LogP contribution in [-0.2, 0) is 0 Å². The Morgan fingerprint density at radius 1 is 1.21 bits per heavy atom. The van der Waals surface area contributed by atoms with E-state index >= 15 is 0 Å². The van der Waals surface area contributed by atoms with Crippen LogP contribution in [0.4, 0.5) is 0 Å². The Hall–Kier alpha value is -2.00. The smallest absolute Gasteiger partial charge is 0.170 e. The average molecular weight is 275 g/mol. The van der Waals surface area contributed by atoms with E-state index in [0.29, 0.717) is 16.3 Å². The lowest BCUT2D eigenvalue weighted by Gasteiger charge is -2.25. The molecule has 2 aromatic rings. The van der Waals surface area contributed by atoms with Crippen molar-refractivity contribution in [3.05, 3.63) is 58.6 Å². The number of ketones is 1. The van der Waals surface area contributed by atoms with Crippen LogP contribution in [0.25, 0.3) is 0 Å². The minimum atomic E-state index is -0.367. The van der Waals surface area contributed by atoms with Gasteiger partial charge in [-0.1, -0.05) is 23.7 Å². The van der Waals surface area contributed by atoms with Crippen molar-refractivity contribution in [2.45, 2.75) is 12.5 Å². The molecule has 4 heteroatoms. The van der Waals surface area contributed by atoms with Gasteiger partial charge >= 0.3 is 0 Å². The van der Waals surface area contributed by atoms with Crippen molar-refractivity contribution in [1.82, 2.24) is 0 Å². The third-order valence-corrected chi connectivity index (χ3v) is 3.36. The zero-order valence-electron chi connectivity index (χ0n) is 9.97. The number of phenols is 1. The summed E-state index contributed by atoms with van der Waals surface area (Å²) in [5, 5.41) is 10.0. The Balaban J connectivity index is 1.97. The molecule has 0 saturated heterocycles. The van der Waals surface area contributed by atoms with Crippen LogP contribution in [0.2, 0.25) is 5.02 Å². The van der Waals surface area contributed by atoms with Gasteiger partial charge in [-0.15, -0.1) is 0 Å². The van der Waals surface area contributed by atoms with Crippen LogP contribution >= 0.6 is 11.6 Å². The Morgan fingerprint density at radius 3 is 2.84 bits per heavy atom. The lowest BCUT2D eigenvalue weighted by Crippen LogP contribution is -2.20. The number of carbonyl (C=O) groups is 1. The van der Waals surface area contributed by atoms with Crippen molar-refractivity contribution in [2.75, 3.05) is 0 Å². The maximum atomic E-state index is 12.1. The number of benzene rings is 2. The molecular formula is C15H11ClO3. The number of hydrogen-bond acceptors (Lipinski definition) is 3. The first-order valence-electron chi connectivity index (χ1n) is 5.92. The summed E-state index contributed by atoms with van der Waals surface area (Å²) in [6.07, 6.45) is -0.121. The molecule has 0 amide bonds. The van der Waals surface area contributed by atoms with Gasteiger partial charge in [0, 0.05) is 5.02 Å². The SMILES string of the molecule is O=C1CC(c2cccc(O)c2)Oc2ccc(Cl)cc21. The van der Waals surface area contributed by atoms with Gasteiger partial charge in [-0.3, -0.25) is 4.79 Å². The highest BCUT2D eigenvalue weighted by Gasteiger charge is 2.27. The Kier molecular flexibility index (Phi) is 2.91. The van der Waals surface area contributed by atoms with Crippen molar-refractivity contribution < 1.29 is 14.6 Å². The summed E-state index contributed by atoms with van der Waals surface area (Å²) < 4.78 is 5.81. The molecule has 0 radical (unpaired) electrons. The summed E-state index contributed by atoms with van der Waals surface area (Å²) in [4.78, 5) is 12.1. The van der Waals surface area contributed by atoms with E-state index in [2.05, 4.69) is 0 Å². The number of halogens is 1. The van der Waals surface area contributed by atoms with Crippen molar-refractivity contribution in [3.63, 3.8) is 0 Å². The van der Waals surface area contributed by atoms with Crippen LogP contribution < -0.4 is 4.74 Å². The molecule has 1 aliphatic rings. The normalized spacial score (nSPS) is 17.7. The molecule has 1 atom stereocenters. The highest BCUT2D eigenvalue weighted by Crippen LogP contribution is 2.36.